The van der Waals surface area contributed by atoms with Crippen LogP contribution in [0.25, 0.3) is 0 Å². The molecule has 0 aliphatic heterocycles. The Morgan fingerprint density at radius 3 is 2.53 bits per heavy atom. The van der Waals surface area contributed by atoms with E-state index in [-0.39, 0.29) is 15.5 Å². The molecule has 0 bridgehead atoms. The first-order valence-corrected chi connectivity index (χ1v) is 5.69. The van der Waals surface area contributed by atoms with Crippen molar-refractivity contribution in [3.63, 3.8) is 0 Å². The molecule has 0 spiro atoms. The van der Waals surface area contributed by atoms with Gasteiger partial charge in [0.2, 0.25) is 10.0 Å². The zero-order valence-electron chi connectivity index (χ0n) is 7.65. The van der Waals surface area contributed by atoms with Gasteiger partial charge in [-0.3, -0.25) is 0 Å². The largest absolute Gasteiger partial charge is 0.545 e. The van der Waals surface area contributed by atoms with E-state index in [0.717, 1.165) is 6.07 Å². The summed E-state index contributed by atoms with van der Waals surface area (Å²) < 4.78 is 24.7. The summed E-state index contributed by atoms with van der Waals surface area (Å²) in [5.74, 6) is -1.52. The number of carbonyl (C=O) groups is 1. The molecule has 15 heavy (non-hydrogen) atoms. The number of halogens is 1. The number of carboxylic acids is 1. The second-order valence-corrected chi connectivity index (χ2v) is 4.93. The van der Waals surface area contributed by atoms with Crippen LogP contribution >= 0.6 is 11.6 Å². The number of hydrogen-bond donors (Lipinski definition) is 1. The lowest BCUT2D eigenvalue weighted by molar-refractivity contribution is -0.255. The maximum atomic E-state index is 11.3. The van der Waals surface area contributed by atoms with E-state index in [4.69, 9.17) is 11.6 Å². The summed E-state index contributed by atoms with van der Waals surface area (Å²) in [4.78, 5) is 10.4. The van der Waals surface area contributed by atoms with Gasteiger partial charge < -0.3 is 9.90 Å². The Hall–Kier alpha value is -1.11. The molecule has 0 atom stereocenters. The molecule has 5 nitrogen and oxygen atoms in total. The minimum atomic E-state index is -3.67. The van der Waals surface area contributed by atoms with Gasteiger partial charge in [-0.15, -0.1) is 0 Å². The molecule has 0 saturated heterocycles. The molecule has 0 aliphatic carbocycles. The molecule has 0 aromatic heterocycles. The van der Waals surface area contributed by atoms with E-state index >= 15 is 0 Å². The summed E-state index contributed by atoms with van der Waals surface area (Å²) in [5.41, 5.74) is -0.354. The molecule has 0 radical (unpaired) electrons. The van der Waals surface area contributed by atoms with E-state index in [1.807, 2.05) is 0 Å². The lowest BCUT2D eigenvalue weighted by atomic mass is 10.2. The summed E-state index contributed by atoms with van der Waals surface area (Å²) in [7, 11) is -2.45. The number of nitrogens with one attached hydrogen (secondary N) is 1. The second kappa shape index (κ2) is 4.18. The van der Waals surface area contributed by atoms with Crippen molar-refractivity contribution in [3.05, 3.63) is 28.8 Å². The van der Waals surface area contributed by atoms with Crippen molar-refractivity contribution in [3.8, 4) is 0 Å². The Kier molecular flexibility index (Phi) is 3.33. The van der Waals surface area contributed by atoms with Crippen LogP contribution in [-0.4, -0.2) is 21.4 Å². The highest BCUT2D eigenvalue weighted by Gasteiger charge is 2.13. The van der Waals surface area contributed by atoms with Gasteiger partial charge in [-0.1, -0.05) is 11.6 Å². The van der Waals surface area contributed by atoms with Crippen LogP contribution in [0.3, 0.4) is 0 Å². The van der Waals surface area contributed by atoms with Gasteiger partial charge in [0.15, 0.2) is 0 Å². The van der Waals surface area contributed by atoms with Gasteiger partial charge in [-0.25, -0.2) is 13.1 Å². The summed E-state index contributed by atoms with van der Waals surface area (Å²) in [6.45, 7) is 0. The van der Waals surface area contributed by atoms with Crippen LogP contribution in [-0.2, 0) is 10.0 Å². The number of carbonyl (C=O) groups excluding carboxylic acids is 1. The fourth-order valence-corrected chi connectivity index (χ4v) is 1.90. The highest BCUT2D eigenvalue weighted by atomic mass is 35.5. The van der Waals surface area contributed by atoms with Crippen molar-refractivity contribution in [1.82, 2.24) is 4.72 Å². The van der Waals surface area contributed by atoms with Crippen LogP contribution in [0.1, 0.15) is 10.4 Å². The van der Waals surface area contributed by atoms with E-state index in [0.29, 0.717) is 0 Å². The third-order valence-corrected chi connectivity index (χ3v) is 3.48. The minimum absolute atomic E-state index is 0.0648. The lowest BCUT2D eigenvalue weighted by Gasteiger charge is -2.08. The summed E-state index contributed by atoms with van der Waals surface area (Å²) >= 11 is 5.55. The molecule has 1 aromatic carbocycles. The van der Waals surface area contributed by atoms with Gasteiger partial charge in [0, 0.05) is 10.6 Å². The topological polar surface area (TPSA) is 86.3 Å². The SMILES string of the molecule is CNS(=O)(=O)c1ccc(Cl)c(C(=O)[O-])c1. The molecular weight excluding hydrogens is 242 g/mol. The van der Waals surface area contributed by atoms with Crippen molar-refractivity contribution in [2.24, 2.45) is 0 Å². The fraction of sp³-hybridized carbons (Fsp3) is 0.125. The summed E-state index contributed by atoms with van der Waals surface area (Å²) in [6, 6.07) is 3.35. The molecule has 0 unspecified atom stereocenters. The second-order valence-electron chi connectivity index (χ2n) is 2.64. The van der Waals surface area contributed by atoms with E-state index in [9.17, 15) is 18.3 Å². The molecule has 82 valence electrons. The number of hydrogen-bond acceptors (Lipinski definition) is 4. The first kappa shape index (κ1) is 12.0. The molecule has 1 aromatic rings. The van der Waals surface area contributed by atoms with E-state index < -0.39 is 16.0 Å². The number of rotatable bonds is 3. The van der Waals surface area contributed by atoms with Crippen LogP contribution in [0, 0.1) is 0 Å². The summed E-state index contributed by atoms with van der Waals surface area (Å²) in [5, 5.41) is 10.5. The smallest absolute Gasteiger partial charge is 0.240 e. The quantitative estimate of drug-likeness (QED) is 0.789. The molecule has 1 rings (SSSR count). The monoisotopic (exact) mass is 248 g/mol. The highest BCUT2D eigenvalue weighted by Crippen LogP contribution is 2.19. The molecule has 0 amide bonds. The van der Waals surface area contributed by atoms with Crippen LogP contribution in [0.4, 0.5) is 0 Å². The van der Waals surface area contributed by atoms with E-state index in [1.165, 1.54) is 19.2 Å². The van der Waals surface area contributed by atoms with Crippen molar-refractivity contribution < 1.29 is 18.3 Å². The average Bonchev–Trinajstić information content (AvgIpc) is 2.17. The predicted molar refractivity (Wildman–Crippen MR) is 52.0 cm³/mol. The van der Waals surface area contributed by atoms with Crippen molar-refractivity contribution >= 4 is 27.6 Å². The Balaban J connectivity index is 3.38. The Morgan fingerprint density at radius 1 is 1.47 bits per heavy atom. The van der Waals surface area contributed by atoms with Crippen LogP contribution in [0.15, 0.2) is 23.1 Å². The van der Waals surface area contributed by atoms with Gasteiger partial charge >= 0.3 is 0 Å². The molecule has 1 N–H and O–H groups in total. The van der Waals surface area contributed by atoms with Crippen LogP contribution in [0.2, 0.25) is 5.02 Å². The van der Waals surface area contributed by atoms with Crippen molar-refractivity contribution in [2.75, 3.05) is 7.05 Å². The van der Waals surface area contributed by atoms with Gasteiger partial charge in [-0.2, -0.15) is 0 Å². The zero-order valence-corrected chi connectivity index (χ0v) is 9.22. The molecule has 0 heterocycles. The molecular formula is C8H7ClNO4S-. The number of sulfonamides is 1. The standard InChI is InChI=1S/C8H8ClNO4S/c1-10-15(13,14)5-2-3-7(9)6(4-5)8(11)12/h2-4,10H,1H3,(H,11,12)/p-1. The normalized spacial score (nSPS) is 11.3. The van der Waals surface area contributed by atoms with Gasteiger partial charge in [0.05, 0.1) is 10.9 Å². The third-order valence-electron chi connectivity index (χ3n) is 1.74. The molecule has 7 heteroatoms. The predicted octanol–water partition coefficient (Wildman–Crippen LogP) is -0.388. The van der Waals surface area contributed by atoms with E-state index in [2.05, 4.69) is 4.72 Å². The Bertz CT molecular complexity index is 497. The molecule has 0 aliphatic rings. The maximum Gasteiger partial charge on any atom is 0.240 e. The Morgan fingerprint density at radius 2 is 2.07 bits per heavy atom. The van der Waals surface area contributed by atoms with Gasteiger partial charge in [0.25, 0.3) is 0 Å². The first-order valence-electron chi connectivity index (χ1n) is 3.83. The number of aromatic carboxylic acids is 1. The number of carboxylic acid groups (broad SMARTS) is 1. The lowest BCUT2D eigenvalue weighted by Crippen LogP contribution is -2.24. The highest BCUT2D eigenvalue weighted by molar-refractivity contribution is 7.89. The first-order chi connectivity index (χ1) is 6.88. The summed E-state index contributed by atoms with van der Waals surface area (Å²) in [6.07, 6.45) is 0. The van der Waals surface area contributed by atoms with Gasteiger partial charge in [-0.05, 0) is 25.2 Å². The van der Waals surface area contributed by atoms with Gasteiger partial charge in [0.1, 0.15) is 0 Å². The minimum Gasteiger partial charge on any atom is -0.545 e. The van der Waals surface area contributed by atoms with Crippen molar-refractivity contribution in [1.29, 1.82) is 0 Å². The zero-order chi connectivity index (χ0) is 11.6. The average molecular weight is 249 g/mol. The fourth-order valence-electron chi connectivity index (χ4n) is 0.946. The van der Waals surface area contributed by atoms with Crippen molar-refractivity contribution in [2.45, 2.75) is 4.90 Å². The van der Waals surface area contributed by atoms with Crippen LogP contribution < -0.4 is 9.83 Å². The van der Waals surface area contributed by atoms with E-state index in [1.54, 1.807) is 0 Å². The molecule has 0 saturated carbocycles. The molecule has 0 fully saturated rings. The third kappa shape index (κ3) is 2.47. The number of benzene rings is 1. The maximum absolute atomic E-state index is 11.3. The van der Waals surface area contributed by atoms with Crippen LogP contribution in [0.5, 0.6) is 0 Å². The Labute approximate surface area is 91.7 Å².